The lowest BCUT2D eigenvalue weighted by atomic mass is 10.1. The van der Waals surface area contributed by atoms with Crippen LogP contribution in [0.1, 0.15) is 30.1 Å². The van der Waals surface area contributed by atoms with Gasteiger partial charge < -0.3 is 15.2 Å². The van der Waals surface area contributed by atoms with E-state index < -0.39 is 17.9 Å². The fraction of sp³-hybridized carbons (Fsp3) is 0.333. The number of ether oxygens (including phenoxy) is 1. The minimum absolute atomic E-state index is 0.174. The van der Waals surface area contributed by atoms with Crippen LogP contribution >= 0.6 is 0 Å². The van der Waals surface area contributed by atoms with Gasteiger partial charge in [0.05, 0.1) is 6.61 Å². The van der Waals surface area contributed by atoms with Crippen LogP contribution in [0, 0.1) is 0 Å². The summed E-state index contributed by atoms with van der Waals surface area (Å²) in [6.45, 7) is 6.03. The predicted molar refractivity (Wildman–Crippen MR) is 75.9 cm³/mol. The summed E-state index contributed by atoms with van der Waals surface area (Å²) in [6, 6.07) is 5.69. The van der Waals surface area contributed by atoms with Gasteiger partial charge in [-0.15, -0.1) is 6.58 Å². The molecule has 2 N–H and O–H groups in total. The molecule has 0 spiro atoms. The predicted octanol–water partition coefficient (Wildman–Crippen LogP) is 2.23. The Morgan fingerprint density at radius 2 is 2.25 bits per heavy atom. The second-order valence-corrected chi connectivity index (χ2v) is 4.26. The Bertz CT molecular complexity index is 485. The van der Waals surface area contributed by atoms with Crippen LogP contribution in [0.4, 0.5) is 0 Å². The Morgan fingerprint density at radius 3 is 2.85 bits per heavy atom. The van der Waals surface area contributed by atoms with Crippen LogP contribution in [-0.4, -0.2) is 29.6 Å². The molecule has 1 aromatic carbocycles. The van der Waals surface area contributed by atoms with E-state index >= 15 is 0 Å². The molecule has 1 amide bonds. The number of carbonyl (C=O) groups is 2. The fourth-order valence-corrected chi connectivity index (χ4v) is 1.58. The summed E-state index contributed by atoms with van der Waals surface area (Å²) in [6.07, 6.45) is 2.50. The lowest BCUT2D eigenvalue weighted by Crippen LogP contribution is -2.40. The minimum atomic E-state index is -1.09. The average Bonchev–Trinajstić information content (AvgIpc) is 2.44. The third-order valence-corrected chi connectivity index (χ3v) is 2.57. The number of rotatable bonds is 8. The van der Waals surface area contributed by atoms with E-state index in [0.29, 0.717) is 17.9 Å². The maximum atomic E-state index is 12.0. The van der Waals surface area contributed by atoms with Gasteiger partial charge in [0.15, 0.2) is 0 Å². The van der Waals surface area contributed by atoms with Gasteiger partial charge in [0.1, 0.15) is 11.8 Å². The molecule has 1 unspecified atom stereocenters. The first kappa shape index (κ1) is 15.8. The van der Waals surface area contributed by atoms with Crippen LogP contribution < -0.4 is 10.1 Å². The summed E-state index contributed by atoms with van der Waals surface area (Å²) in [5.41, 5.74) is 0.369. The molecule has 0 aromatic heterocycles. The number of carbonyl (C=O) groups excluding carboxylic acids is 1. The lowest BCUT2D eigenvalue weighted by molar-refractivity contribution is -0.139. The van der Waals surface area contributed by atoms with Crippen LogP contribution in [0.5, 0.6) is 5.75 Å². The number of carboxylic acid groups (broad SMARTS) is 1. The van der Waals surface area contributed by atoms with Gasteiger partial charge in [-0.05, 0) is 31.0 Å². The molecule has 0 heterocycles. The van der Waals surface area contributed by atoms with Gasteiger partial charge in [-0.1, -0.05) is 19.1 Å². The number of carboxylic acids is 1. The summed E-state index contributed by atoms with van der Waals surface area (Å²) in [4.78, 5) is 23.0. The molecule has 0 saturated carbocycles. The number of hydrogen-bond donors (Lipinski definition) is 2. The van der Waals surface area contributed by atoms with Crippen molar-refractivity contribution in [2.24, 2.45) is 0 Å². The summed E-state index contributed by atoms with van der Waals surface area (Å²) in [5, 5.41) is 11.4. The zero-order chi connectivity index (χ0) is 15.0. The summed E-state index contributed by atoms with van der Waals surface area (Å²) >= 11 is 0. The van der Waals surface area contributed by atoms with Crippen LogP contribution in [0.15, 0.2) is 36.9 Å². The first-order valence-corrected chi connectivity index (χ1v) is 6.46. The molecule has 20 heavy (non-hydrogen) atoms. The van der Waals surface area contributed by atoms with Crippen molar-refractivity contribution in [3.05, 3.63) is 42.5 Å². The van der Waals surface area contributed by atoms with Crippen LogP contribution in [-0.2, 0) is 4.79 Å². The second kappa shape index (κ2) is 7.99. The molecular formula is C15H19NO4. The van der Waals surface area contributed by atoms with Crippen molar-refractivity contribution < 1.29 is 19.4 Å². The van der Waals surface area contributed by atoms with Crippen molar-refractivity contribution in [1.82, 2.24) is 5.32 Å². The zero-order valence-corrected chi connectivity index (χ0v) is 11.5. The quantitative estimate of drug-likeness (QED) is 0.714. The highest BCUT2D eigenvalue weighted by atomic mass is 16.5. The third-order valence-electron chi connectivity index (χ3n) is 2.57. The first-order valence-electron chi connectivity index (χ1n) is 6.46. The Morgan fingerprint density at radius 1 is 1.50 bits per heavy atom. The number of hydrogen-bond acceptors (Lipinski definition) is 3. The monoisotopic (exact) mass is 277 g/mol. The van der Waals surface area contributed by atoms with Crippen molar-refractivity contribution in [3.63, 3.8) is 0 Å². The van der Waals surface area contributed by atoms with Crippen LogP contribution in [0.25, 0.3) is 0 Å². The zero-order valence-electron chi connectivity index (χ0n) is 11.5. The SMILES string of the molecule is C=CCC(NC(=O)c1cccc(OCCC)c1)C(=O)O. The molecule has 0 aliphatic carbocycles. The van der Waals surface area contributed by atoms with E-state index in [4.69, 9.17) is 9.84 Å². The molecular weight excluding hydrogens is 258 g/mol. The van der Waals surface area contributed by atoms with E-state index in [2.05, 4.69) is 11.9 Å². The number of aliphatic carboxylic acids is 1. The van der Waals surface area contributed by atoms with E-state index in [1.165, 1.54) is 6.08 Å². The van der Waals surface area contributed by atoms with Crippen LogP contribution in [0.2, 0.25) is 0 Å². The number of benzene rings is 1. The van der Waals surface area contributed by atoms with Gasteiger partial charge in [0.2, 0.25) is 0 Å². The molecule has 5 heteroatoms. The standard InChI is InChI=1S/C15H19NO4/c1-3-6-13(15(18)19)16-14(17)11-7-5-8-12(10-11)20-9-4-2/h3,5,7-8,10,13H,1,4,6,9H2,2H3,(H,16,17)(H,18,19). The highest BCUT2D eigenvalue weighted by Crippen LogP contribution is 2.14. The third kappa shape index (κ3) is 4.76. The van der Waals surface area contributed by atoms with Gasteiger partial charge in [-0.2, -0.15) is 0 Å². The Kier molecular flexibility index (Phi) is 6.29. The second-order valence-electron chi connectivity index (χ2n) is 4.26. The van der Waals surface area contributed by atoms with Crippen molar-refractivity contribution >= 4 is 11.9 Å². The Labute approximate surface area is 118 Å². The molecule has 1 rings (SSSR count). The van der Waals surface area contributed by atoms with Crippen molar-refractivity contribution in [2.75, 3.05) is 6.61 Å². The van der Waals surface area contributed by atoms with E-state index in [1.54, 1.807) is 24.3 Å². The number of amides is 1. The first-order chi connectivity index (χ1) is 9.58. The molecule has 5 nitrogen and oxygen atoms in total. The topological polar surface area (TPSA) is 75.6 Å². The Hall–Kier alpha value is -2.30. The van der Waals surface area contributed by atoms with Gasteiger partial charge in [0, 0.05) is 5.56 Å². The van der Waals surface area contributed by atoms with Crippen LogP contribution in [0.3, 0.4) is 0 Å². The van der Waals surface area contributed by atoms with Gasteiger partial charge in [0.25, 0.3) is 5.91 Å². The molecule has 0 bridgehead atoms. The highest BCUT2D eigenvalue weighted by molar-refractivity contribution is 5.96. The van der Waals surface area contributed by atoms with E-state index in [1.807, 2.05) is 6.92 Å². The number of nitrogens with one attached hydrogen (secondary N) is 1. The summed E-state index contributed by atoms with van der Waals surface area (Å²) < 4.78 is 5.43. The molecule has 0 radical (unpaired) electrons. The summed E-state index contributed by atoms with van der Waals surface area (Å²) in [7, 11) is 0. The van der Waals surface area contributed by atoms with Crippen molar-refractivity contribution in [1.29, 1.82) is 0 Å². The molecule has 0 fully saturated rings. The Balaban J connectivity index is 2.75. The van der Waals surface area contributed by atoms with E-state index in [-0.39, 0.29) is 6.42 Å². The molecule has 0 saturated heterocycles. The molecule has 0 aliphatic heterocycles. The maximum absolute atomic E-state index is 12.0. The highest BCUT2D eigenvalue weighted by Gasteiger charge is 2.19. The molecule has 108 valence electrons. The summed E-state index contributed by atoms with van der Waals surface area (Å²) in [5.74, 6) is -0.937. The van der Waals surface area contributed by atoms with Gasteiger partial charge in [-0.3, -0.25) is 4.79 Å². The molecule has 0 aliphatic rings. The van der Waals surface area contributed by atoms with Gasteiger partial charge in [-0.25, -0.2) is 4.79 Å². The molecule has 1 aromatic rings. The smallest absolute Gasteiger partial charge is 0.326 e. The van der Waals surface area contributed by atoms with E-state index in [9.17, 15) is 9.59 Å². The fourth-order valence-electron chi connectivity index (χ4n) is 1.58. The normalized spacial score (nSPS) is 11.4. The molecule has 1 atom stereocenters. The lowest BCUT2D eigenvalue weighted by Gasteiger charge is -2.13. The van der Waals surface area contributed by atoms with Crippen molar-refractivity contribution in [2.45, 2.75) is 25.8 Å². The average molecular weight is 277 g/mol. The maximum Gasteiger partial charge on any atom is 0.326 e. The van der Waals surface area contributed by atoms with Gasteiger partial charge >= 0.3 is 5.97 Å². The minimum Gasteiger partial charge on any atom is -0.494 e. The van der Waals surface area contributed by atoms with E-state index in [0.717, 1.165) is 6.42 Å². The largest absolute Gasteiger partial charge is 0.494 e. The van der Waals surface area contributed by atoms with Crippen molar-refractivity contribution in [3.8, 4) is 5.75 Å².